The average molecular weight is 665 g/mol. The molecule has 0 N–H and O–H groups in total. The quantitative estimate of drug-likeness (QED) is 0.184. The van der Waals surface area contributed by atoms with Crippen LogP contribution in [0.2, 0.25) is 0 Å². The van der Waals surface area contributed by atoms with Crippen molar-refractivity contribution in [2.45, 2.75) is 0 Å². The molecule has 0 radical (unpaired) electrons. The van der Waals surface area contributed by atoms with E-state index in [0.717, 1.165) is 71.6 Å². The summed E-state index contributed by atoms with van der Waals surface area (Å²) >= 11 is 0. The first-order valence-electron chi connectivity index (χ1n) is 17.2. The van der Waals surface area contributed by atoms with E-state index in [0.29, 0.717) is 23.2 Å². The van der Waals surface area contributed by atoms with Gasteiger partial charge in [-0.15, -0.1) is 0 Å². The van der Waals surface area contributed by atoms with Crippen LogP contribution in [0.5, 0.6) is 0 Å². The molecule has 10 rings (SSSR count). The first-order valence-corrected chi connectivity index (χ1v) is 17.2. The van der Waals surface area contributed by atoms with Gasteiger partial charge >= 0.3 is 0 Å². The number of hydrogen-bond acceptors (Lipinski definition) is 4. The third kappa shape index (κ3) is 4.68. The second-order valence-electron chi connectivity index (χ2n) is 12.8. The van der Waals surface area contributed by atoms with Crippen LogP contribution in [-0.2, 0) is 0 Å². The second kappa shape index (κ2) is 11.9. The lowest BCUT2D eigenvalue weighted by Crippen LogP contribution is -2.06. The molecular weight excluding hydrogens is 637 g/mol. The standard InChI is InChI=1S/C46H28N6/c47-29-34-27-33(24-25-39(34)51-40-20-10-9-19-37(40)38-28-32(23-26-43(38)51)30-13-3-1-4-14-30)45-48-44(31-15-5-2-6-16-31)49-46(50-45)52-41-21-11-7-17-35(41)36-18-8-12-22-42(36)52/h1-28H. The van der Waals surface area contributed by atoms with Gasteiger partial charge in [0.1, 0.15) is 6.07 Å². The lowest BCUT2D eigenvalue weighted by Gasteiger charge is -2.13. The Kier molecular flexibility index (Phi) is 6.76. The summed E-state index contributed by atoms with van der Waals surface area (Å²) in [6.07, 6.45) is 0. The third-order valence-corrected chi connectivity index (χ3v) is 9.83. The summed E-state index contributed by atoms with van der Waals surface area (Å²) in [6.45, 7) is 0. The third-order valence-electron chi connectivity index (χ3n) is 9.83. The van der Waals surface area contributed by atoms with Crippen molar-refractivity contribution in [2.75, 3.05) is 0 Å². The van der Waals surface area contributed by atoms with Gasteiger partial charge in [0.05, 0.1) is 33.3 Å². The van der Waals surface area contributed by atoms with Gasteiger partial charge in [0.2, 0.25) is 5.95 Å². The molecule has 0 aliphatic carbocycles. The lowest BCUT2D eigenvalue weighted by molar-refractivity contribution is 0.953. The Bertz CT molecular complexity index is 2970. The summed E-state index contributed by atoms with van der Waals surface area (Å²) in [7, 11) is 0. The number of nitrogens with zero attached hydrogens (tertiary/aromatic N) is 6. The number of hydrogen-bond donors (Lipinski definition) is 0. The van der Waals surface area contributed by atoms with Crippen molar-refractivity contribution in [1.29, 1.82) is 5.26 Å². The van der Waals surface area contributed by atoms with E-state index in [1.165, 1.54) is 0 Å². The van der Waals surface area contributed by atoms with Gasteiger partial charge in [0.15, 0.2) is 11.6 Å². The number of nitriles is 1. The molecular formula is C46H28N6. The van der Waals surface area contributed by atoms with Crippen molar-refractivity contribution in [2.24, 2.45) is 0 Å². The molecule has 0 atom stereocenters. The molecule has 0 fully saturated rings. The maximum absolute atomic E-state index is 10.7. The molecule has 242 valence electrons. The summed E-state index contributed by atoms with van der Waals surface area (Å²) in [5.74, 6) is 1.56. The van der Waals surface area contributed by atoms with Gasteiger partial charge in [0, 0.05) is 32.7 Å². The van der Waals surface area contributed by atoms with Crippen LogP contribution in [0, 0.1) is 11.3 Å². The van der Waals surface area contributed by atoms with Gasteiger partial charge in [-0.05, 0) is 59.7 Å². The van der Waals surface area contributed by atoms with Crippen LogP contribution < -0.4 is 0 Å². The molecule has 0 saturated heterocycles. The molecule has 10 aromatic rings. The predicted octanol–water partition coefficient (Wildman–Crippen LogP) is 10.9. The maximum atomic E-state index is 10.7. The first-order chi connectivity index (χ1) is 25.7. The minimum Gasteiger partial charge on any atom is -0.308 e. The molecule has 0 saturated carbocycles. The Hall–Kier alpha value is -7.36. The normalized spacial score (nSPS) is 11.4. The number of para-hydroxylation sites is 3. The molecule has 0 bridgehead atoms. The maximum Gasteiger partial charge on any atom is 0.238 e. The predicted molar refractivity (Wildman–Crippen MR) is 210 cm³/mol. The Labute approximate surface area is 299 Å². The van der Waals surface area contributed by atoms with Crippen molar-refractivity contribution in [3.63, 3.8) is 0 Å². The van der Waals surface area contributed by atoms with Gasteiger partial charge in [-0.3, -0.25) is 4.57 Å². The van der Waals surface area contributed by atoms with E-state index in [9.17, 15) is 5.26 Å². The molecule has 0 amide bonds. The molecule has 0 spiro atoms. The SMILES string of the molecule is N#Cc1cc(-c2nc(-c3ccccc3)nc(-n3c4ccccc4c4ccccc43)n2)ccc1-n1c2ccccc2c2cc(-c3ccccc3)ccc21. The number of rotatable bonds is 5. The van der Waals surface area contributed by atoms with Gasteiger partial charge in [0.25, 0.3) is 0 Å². The smallest absolute Gasteiger partial charge is 0.238 e. The average Bonchev–Trinajstić information content (AvgIpc) is 3.74. The van der Waals surface area contributed by atoms with Crippen LogP contribution in [0.3, 0.4) is 0 Å². The fourth-order valence-corrected chi connectivity index (χ4v) is 7.45. The van der Waals surface area contributed by atoms with Crippen LogP contribution in [0.1, 0.15) is 5.56 Å². The van der Waals surface area contributed by atoms with E-state index in [1.807, 2.05) is 72.8 Å². The zero-order chi connectivity index (χ0) is 34.6. The van der Waals surface area contributed by atoms with E-state index < -0.39 is 0 Å². The van der Waals surface area contributed by atoms with Crippen molar-refractivity contribution in [1.82, 2.24) is 24.1 Å². The van der Waals surface area contributed by atoms with E-state index in [-0.39, 0.29) is 0 Å². The van der Waals surface area contributed by atoms with Gasteiger partial charge < -0.3 is 4.57 Å². The van der Waals surface area contributed by atoms with Crippen LogP contribution in [0.4, 0.5) is 0 Å². The highest BCUT2D eigenvalue weighted by atomic mass is 15.2. The Morgan fingerprint density at radius 1 is 0.385 bits per heavy atom. The van der Waals surface area contributed by atoms with E-state index >= 15 is 0 Å². The Balaban J connectivity index is 1.17. The fourth-order valence-electron chi connectivity index (χ4n) is 7.45. The van der Waals surface area contributed by atoms with Crippen LogP contribution in [-0.4, -0.2) is 24.1 Å². The summed E-state index contributed by atoms with van der Waals surface area (Å²) in [6, 6.07) is 60.3. The van der Waals surface area contributed by atoms with Crippen molar-refractivity contribution >= 4 is 43.6 Å². The van der Waals surface area contributed by atoms with E-state index in [2.05, 4.69) is 112 Å². The van der Waals surface area contributed by atoms with Crippen LogP contribution >= 0.6 is 0 Å². The van der Waals surface area contributed by atoms with Crippen molar-refractivity contribution < 1.29 is 0 Å². The van der Waals surface area contributed by atoms with Gasteiger partial charge in [-0.25, -0.2) is 4.98 Å². The van der Waals surface area contributed by atoms with Crippen molar-refractivity contribution in [3.8, 4) is 51.6 Å². The topological polar surface area (TPSA) is 72.3 Å². The van der Waals surface area contributed by atoms with Crippen molar-refractivity contribution in [3.05, 3.63) is 175 Å². The molecule has 6 nitrogen and oxygen atoms in total. The van der Waals surface area contributed by atoms with Gasteiger partial charge in [-0.2, -0.15) is 15.2 Å². The Morgan fingerprint density at radius 3 is 1.52 bits per heavy atom. The molecule has 6 heteroatoms. The number of aromatic nitrogens is 5. The monoisotopic (exact) mass is 664 g/mol. The summed E-state index contributed by atoms with van der Waals surface area (Å²) < 4.78 is 4.29. The fraction of sp³-hybridized carbons (Fsp3) is 0. The molecule has 3 aromatic heterocycles. The van der Waals surface area contributed by atoms with Gasteiger partial charge in [-0.1, -0.05) is 121 Å². The van der Waals surface area contributed by atoms with Crippen LogP contribution in [0.25, 0.3) is 89.2 Å². The molecule has 52 heavy (non-hydrogen) atoms. The zero-order valence-electron chi connectivity index (χ0n) is 27.8. The highest BCUT2D eigenvalue weighted by molar-refractivity contribution is 6.11. The minimum absolute atomic E-state index is 0.489. The highest BCUT2D eigenvalue weighted by Crippen LogP contribution is 2.37. The lowest BCUT2D eigenvalue weighted by atomic mass is 10.0. The Morgan fingerprint density at radius 2 is 0.885 bits per heavy atom. The molecule has 0 aliphatic heterocycles. The number of fused-ring (bicyclic) bond motifs is 6. The number of benzene rings is 7. The molecule has 0 unspecified atom stereocenters. The van der Waals surface area contributed by atoms with Crippen LogP contribution in [0.15, 0.2) is 170 Å². The molecule has 3 heterocycles. The molecule has 0 aliphatic rings. The summed E-state index contributed by atoms with van der Waals surface area (Å²) in [5, 5.41) is 15.2. The highest BCUT2D eigenvalue weighted by Gasteiger charge is 2.20. The second-order valence-corrected chi connectivity index (χ2v) is 12.8. The minimum atomic E-state index is 0.489. The summed E-state index contributed by atoms with van der Waals surface area (Å²) in [5.41, 5.74) is 9.32. The molecule has 7 aromatic carbocycles. The van der Waals surface area contributed by atoms with E-state index in [1.54, 1.807) is 0 Å². The largest absolute Gasteiger partial charge is 0.308 e. The first kappa shape index (κ1) is 29.5. The summed E-state index contributed by atoms with van der Waals surface area (Å²) in [4.78, 5) is 15.1. The zero-order valence-corrected chi connectivity index (χ0v) is 27.8. The van der Waals surface area contributed by atoms with E-state index in [4.69, 9.17) is 15.0 Å².